The molecule has 0 unspecified atom stereocenters. The van der Waals surface area contributed by atoms with Crippen LogP contribution in [0.25, 0.3) is 0 Å². The van der Waals surface area contributed by atoms with Crippen LogP contribution in [-0.4, -0.2) is 49.7 Å². The van der Waals surface area contributed by atoms with E-state index in [4.69, 9.17) is 4.74 Å². The smallest absolute Gasteiger partial charge is 0.307 e. The van der Waals surface area contributed by atoms with Crippen LogP contribution in [0.5, 0.6) is 11.5 Å². The van der Waals surface area contributed by atoms with Gasteiger partial charge in [0.2, 0.25) is 5.91 Å². The Hall–Kier alpha value is -4.05. The fourth-order valence-corrected chi connectivity index (χ4v) is 5.86. The Morgan fingerprint density at radius 3 is 2.64 bits per heavy atom. The molecule has 2 aliphatic rings. The molecule has 2 aliphatic heterocycles. The Labute approximate surface area is 225 Å². The maximum absolute atomic E-state index is 14.2. The Bertz CT molecular complexity index is 1510. The van der Waals surface area contributed by atoms with Crippen molar-refractivity contribution < 1.29 is 23.8 Å². The monoisotopic (exact) mass is 534 g/mol. The van der Waals surface area contributed by atoms with E-state index >= 15 is 0 Å². The van der Waals surface area contributed by atoms with E-state index in [9.17, 15) is 23.9 Å². The summed E-state index contributed by atoms with van der Waals surface area (Å²) in [6, 6.07) is 11.1. The van der Waals surface area contributed by atoms with Gasteiger partial charge in [0.05, 0.1) is 22.9 Å². The number of aromatic amines is 1. The number of amides is 2. The van der Waals surface area contributed by atoms with Crippen molar-refractivity contribution in [1.82, 2.24) is 20.4 Å². The van der Waals surface area contributed by atoms with Crippen molar-refractivity contribution in [2.45, 2.75) is 70.2 Å². The fraction of sp³-hybridized carbons (Fsp3) is 0.379. The molecule has 0 saturated carbocycles. The molecule has 39 heavy (non-hydrogen) atoms. The summed E-state index contributed by atoms with van der Waals surface area (Å²) >= 11 is 0. The lowest BCUT2D eigenvalue weighted by Crippen LogP contribution is -2.53. The molecule has 1 aromatic heterocycles. The molecule has 10 heteroatoms. The third kappa shape index (κ3) is 4.80. The first-order valence-electron chi connectivity index (χ1n) is 12.9. The maximum Gasteiger partial charge on any atom is 0.307 e. The number of rotatable bonds is 6. The molecule has 2 amide bonds. The summed E-state index contributed by atoms with van der Waals surface area (Å²) < 4.78 is 20.0. The van der Waals surface area contributed by atoms with Crippen molar-refractivity contribution in [2.24, 2.45) is 0 Å². The normalized spacial score (nSPS) is 22.6. The van der Waals surface area contributed by atoms with E-state index < -0.39 is 40.5 Å². The summed E-state index contributed by atoms with van der Waals surface area (Å²) in [6.07, 6.45) is 1.37. The van der Waals surface area contributed by atoms with Crippen molar-refractivity contribution in [3.8, 4) is 11.5 Å². The number of ether oxygens (including phenoxy) is 1. The highest BCUT2D eigenvalue weighted by Gasteiger charge is 2.60. The van der Waals surface area contributed by atoms with Gasteiger partial charge in [-0.25, -0.2) is 9.49 Å². The molecule has 0 spiro atoms. The van der Waals surface area contributed by atoms with Gasteiger partial charge in [0, 0.05) is 18.1 Å². The second kappa shape index (κ2) is 9.60. The van der Waals surface area contributed by atoms with Gasteiger partial charge in [0.1, 0.15) is 17.6 Å². The summed E-state index contributed by atoms with van der Waals surface area (Å²) in [5, 5.41) is 19.9. The number of benzene rings is 2. The Balaban J connectivity index is 1.39. The van der Waals surface area contributed by atoms with Gasteiger partial charge >= 0.3 is 5.56 Å². The van der Waals surface area contributed by atoms with E-state index in [1.54, 1.807) is 62.9 Å². The van der Waals surface area contributed by atoms with Crippen LogP contribution in [0.4, 0.5) is 4.39 Å². The van der Waals surface area contributed by atoms with Crippen LogP contribution in [0.3, 0.4) is 0 Å². The van der Waals surface area contributed by atoms with E-state index in [-0.39, 0.29) is 18.1 Å². The predicted octanol–water partition coefficient (Wildman–Crippen LogP) is 3.48. The quantitative estimate of drug-likeness (QED) is 0.445. The molecule has 204 valence electrons. The summed E-state index contributed by atoms with van der Waals surface area (Å²) in [5.74, 6) is -0.672. The number of hydrogen-bond donors (Lipinski definition) is 3. The summed E-state index contributed by atoms with van der Waals surface area (Å²) in [5.41, 5.74) is -0.303. The lowest BCUT2D eigenvalue weighted by atomic mass is 9.84. The largest absolute Gasteiger partial charge is 0.451 e. The average Bonchev–Trinajstić information content (AvgIpc) is 3.39. The number of carbonyl (C=O) groups is 2. The minimum atomic E-state index is -1.17. The molecule has 2 aromatic carbocycles. The highest BCUT2D eigenvalue weighted by Crippen LogP contribution is 2.52. The van der Waals surface area contributed by atoms with Gasteiger partial charge in [0.15, 0.2) is 5.75 Å². The number of halogens is 1. The number of nitrogens with zero attached hydrogens (tertiary/aromatic N) is 2. The minimum absolute atomic E-state index is 0.0870. The van der Waals surface area contributed by atoms with Gasteiger partial charge < -0.3 is 20.1 Å². The SMILES string of the molecule is Cc1cc(Oc2ccc(C(=O)N[C@H]3C[C@@]4(c5cccc(F)c5)CC[C@H](C(C)(C)O)N4C3=O)cc2C)c(=O)[nH]n1. The summed E-state index contributed by atoms with van der Waals surface area (Å²) in [7, 11) is 0. The van der Waals surface area contributed by atoms with Gasteiger partial charge in [-0.3, -0.25) is 14.4 Å². The second-order valence-corrected chi connectivity index (χ2v) is 11.0. The minimum Gasteiger partial charge on any atom is -0.451 e. The Morgan fingerprint density at radius 1 is 1.18 bits per heavy atom. The maximum atomic E-state index is 14.2. The first-order valence-corrected chi connectivity index (χ1v) is 12.9. The van der Waals surface area contributed by atoms with Crippen LogP contribution in [-0.2, 0) is 10.3 Å². The third-order valence-electron chi connectivity index (χ3n) is 7.72. The number of carbonyl (C=O) groups excluding carboxylic acids is 2. The van der Waals surface area contributed by atoms with E-state index in [1.807, 2.05) is 0 Å². The molecule has 3 N–H and O–H groups in total. The third-order valence-corrected chi connectivity index (χ3v) is 7.72. The molecule has 3 atom stereocenters. The number of fused-ring (bicyclic) bond motifs is 1. The topological polar surface area (TPSA) is 125 Å². The molecule has 2 fully saturated rings. The van der Waals surface area contributed by atoms with Gasteiger partial charge in [-0.1, -0.05) is 12.1 Å². The van der Waals surface area contributed by atoms with Crippen molar-refractivity contribution in [3.63, 3.8) is 0 Å². The van der Waals surface area contributed by atoms with Crippen molar-refractivity contribution in [2.75, 3.05) is 0 Å². The van der Waals surface area contributed by atoms with Gasteiger partial charge in [-0.2, -0.15) is 5.10 Å². The van der Waals surface area contributed by atoms with Crippen molar-refractivity contribution >= 4 is 11.8 Å². The van der Waals surface area contributed by atoms with Crippen LogP contribution < -0.4 is 15.6 Å². The molecule has 5 rings (SSSR count). The molecule has 2 saturated heterocycles. The molecular formula is C29H31FN4O5. The zero-order valence-electron chi connectivity index (χ0n) is 22.2. The molecule has 0 radical (unpaired) electrons. The van der Waals surface area contributed by atoms with Crippen molar-refractivity contribution in [1.29, 1.82) is 0 Å². The standard InChI is InChI=1S/C29H31FN4O5/c1-16-12-18(8-9-22(16)39-23-13-17(2)32-33-26(23)36)25(35)31-21-15-29(19-6-5-7-20(30)14-19)11-10-24(28(3,4)38)34(29)27(21)37/h5-9,12-14,21,24,38H,10-11,15H2,1-4H3,(H,31,35)(H,33,36)/t21-,24+,29+/m0/s1. The molecule has 0 bridgehead atoms. The summed E-state index contributed by atoms with van der Waals surface area (Å²) in [4.78, 5) is 40.6. The van der Waals surface area contributed by atoms with Gasteiger partial charge in [-0.05, 0) is 82.0 Å². The predicted molar refractivity (Wildman–Crippen MR) is 141 cm³/mol. The molecule has 3 aromatic rings. The van der Waals surface area contributed by atoms with Gasteiger partial charge in [0.25, 0.3) is 5.91 Å². The zero-order valence-corrected chi connectivity index (χ0v) is 22.2. The molecule has 9 nitrogen and oxygen atoms in total. The number of aryl methyl sites for hydroxylation is 2. The van der Waals surface area contributed by atoms with E-state index in [2.05, 4.69) is 15.5 Å². The number of aliphatic hydroxyl groups is 1. The van der Waals surface area contributed by atoms with Crippen LogP contribution in [0.2, 0.25) is 0 Å². The number of hydrogen-bond acceptors (Lipinski definition) is 6. The van der Waals surface area contributed by atoms with Crippen LogP contribution in [0.15, 0.2) is 53.3 Å². The highest BCUT2D eigenvalue weighted by atomic mass is 19.1. The average molecular weight is 535 g/mol. The van der Waals surface area contributed by atoms with Crippen LogP contribution >= 0.6 is 0 Å². The van der Waals surface area contributed by atoms with E-state index in [0.717, 1.165) is 0 Å². The fourth-order valence-electron chi connectivity index (χ4n) is 5.86. The zero-order chi connectivity index (χ0) is 28.1. The Morgan fingerprint density at radius 2 is 1.95 bits per heavy atom. The summed E-state index contributed by atoms with van der Waals surface area (Å²) in [6.45, 7) is 6.79. The lowest BCUT2D eigenvalue weighted by molar-refractivity contribution is -0.138. The van der Waals surface area contributed by atoms with Crippen LogP contribution in [0.1, 0.15) is 60.3 Å². The number of H-pyrrole nitrogens is 1. The van der Waals surface area contributed by atoms with Crippen molar-refractivity contribution in [3.05, 3.63) is 87.1 Å². The lowest BCUT2D eigenvalue weighted by Gasteiger charge is -2.39. The molecular weight excluding hydrogens is 503 g/mol. The molecule has 0 aliphatic carbocycles. The van der Waals surface area contributed by atoms with Crippen LogP contribution in [0, 0.1) is 19.7 Å². The van der Waals surface area contributed by atoms with E-state index in [1.165, 1.54) is 18.2 Å². The van der Waals surface area contributed by atoms with Gasteiger partial charge in [-0.15, -0.1) is 0 Å². The second-order valence-electron chi connectivity index (χ2n) is 11.0. The first kappa shape index (κ1) is 26.6. The van der Waals surface area contributed by atoms with E-state index in [0.29, 0.717) is 41.0 Å². The molecule has 3 heterocycles. The Kier molecular flexibility index (Phi) is 6.54. The highest BCUT2D eigenvalue weighted by molar-refractivity contribution is 5.99. The first-order chi connectivity index (χ1) is 18.4. The number of aromatic nitrogens is 2. The number of nitrogens with one attached hydrogen (secondary N) is 2.